The van der Waals surface area contributed by atoms with Gasteiger partial charge in [-0.1, -0.05) is 90.1 Å². The standard InChI is InChI=1S/C24H22N4OS/c1-17-12-14-20(15-13-17)28-23(19-10-6-3-7-11-19)22(18-8-4-2-5-9-18)26-24(28)30-16-21(29)27-25/h2-15H,16,25H2,1H3,(H,27,29). The lowest BCUT2D eigenvalue weighted by atomic mass is 10.0. The van der Waals surface area contributed by atoms with Crippen molar-refractivity contribution in [2.24, 2.45) is 5.84 Å². The number of amides is 1. The van der Waals surface area contributed by atoms with Gasteiger partial charge in [0.05, 0.1) is 17.1 Å². The Balaban J connectivity index is 1.97. The number of thioether (sulfide) groups is 1. The fourth-order valence-electron chi connectivity index (χ4n) is 3.26. The number of nitrogens with two attached hydrogens (primary N) is 1. The molecule has 0 bridgehead atoms. The second kappa shape index (κ2) is 8.98. The zero-order valence-corrected chi connectivity index (χ0v) is 17.4. The first-order valence-corrected chi connectivity index (χ1v) is 10.6. The molecule has 0 atom stereocenters. The van der Waals surface area contributed by atoms with Crippen LogP contribution >= 0.6 is 11.8 Å². The van der Waals surface area contributed by atoms with Gasteiger partial charge >= 0.3 is 0 Å². The number of nitrogens with one attached hydrogen (secondary N) is 1. The van der Waals surface area contributed by atoms with Crippen molar-refractivity contribution >= 4 is 17.7 Å². The minimum Gasteiger partial charge on any atom is -0.294 e. The van der Waals surface area contributed by atoms with E-state index in [1.165, 1.54) is 17.3 Å². The van der Waals surface area contributed by atoms with Gasteiger partial charge in [-0.2, -0.15) is 0 Å². The Hall–Kier alpha value is -3.35. The summed E-state index contributed by atoms with van der Waals surface area (Å²) in [6.45, 7) is 2.06. The molecule has 0 aliphatic carbocycles. The van der Waals surface area contributed by atoms with Gasteiger partial charge in [0, 0.05) is 16.8 Å². The largest absolute Gasteiger partial charge is 0.294 e. The van der Waals surface area contributed by atoms with E-state index in [4.69, 9.17) is 10.8 Å². The van der Waals surface area contributed by atoms with Gasteiger partial charge < -0.3 is 0 Å². The van der Waals surface area contributed by atoms with Crippen molar-refractivity contribution in [3.05, 3.63) is 90.5 Å². The third kappa shape index (κ3) is 4.15. The molecule has 0 aliphatic heterocycles. The van der Waals surface area contributed by atoms with Crippen LogP contribution in [0.15, 0.2) is 90.1 Å². The highest BCUT2D eigenvalue weighted by Crippen LogP contribution is 2.38. The lowest BCUT2D eigenvalue weighted by Gasteiger charge is -2.13. The molecule has 0 spiro atoms. The number of nitrogens with zero attached hydrogens (tertiary/aromatic N) is 2. The predicted octanol–water partition coefficient (Wildman–Crippen LogP) is 4.60. The summed E-state index contributed by atoms with van der Waals surface area (Å²) in [4.78, 5) is 16.8. The molecule has 0 fully saturated rings. The van der Waals surface area contributed by atoms with Gasteiger partial charge in [-0.15, -0.1) is 0 Å². The minimum atomic E-state index is -0.249. The molecule has 3 N–H and O–H groups in total. The molecule has 0 unspecified atom stereocenters. The van der Waals surface area contributed by atoms with Crippen molar-refractivity contribution in [2.45, 2.75) is 12.1 Å². The molecule has 4 aromatic rings. The molecule has 4 rings (SSSR count). The van der Waals surface area contributed by atoms with E-state index in [-0.39, 0.29) is 11.7 Å². The van der Waals surface area contributed by atoms with Crippen molar-refractivity contribution in [2.75, 3.05) is 5.75 Å². The molecule has 6 heteroatoms. The lowest BCUT2D eigenvalue weighted by molar-refractivity contribution is -0.118. The number of carbonyl (C=O) groups is 1. The third-order valence-electron chi connectivity index (χ3n) is 4.73. The summed E-state index contributed by atoms with van der Waals surface area (Å²) in [5.74, 6) is 5.21. The normalized spacial score (nSPS) is 10.7. The summed E-state index contributed by atoms with van der Waals surface area (Å²) in [6.07, 6.45) is 0. The van der Waals surface area contributed by atoms with Gasteiger partial charge in [0.25, 0.3) is 0 Å². The van der Waals surface area contributed by atoms with E-state index in [0.29, 0.717) is 0 Å². The van der Waals surface area contributed by atoms with Gasteiger partial charge in [-0.25, -0.2) is 10.8 Å². The van der Waals surface area contributed by atoms with E-state index in [1.807, 2.05) is 36.4 Å². The van der Waals surface area contributed by atoms with Crippen molar-refractivity contribution in [3.63, 3.8) is 0 Å². The second-order valence-electron chi connectivity index (χ2n) is 6.85. The number of aryl methyl sites for hydroxylation is 1. The van der Waals surface area contributed by atoms with E-state index in [9.17, 15) is 4.79 Å². The molecule has 0 saturated carbocycles. The Morgan fingerprint density at radius 2 is 1.53 bits per heavy atom. The maximum absolute atomic E-state index is 11.8. The van der Waals surface area contributed by atoms with Crippen LogP contribution in [0, 0.1) is 6.92 Å². The molecule has 0 radical (unpaired) electrons. The van der Waals surface area contributed by atoms with E-state index in [2.05, 4.69) is 65.4 Å². The van der Waals surface area contributed by atoms with Gasteiger partial charge in [0.1, 0.15) is 0 Å². The molecule has 0 saturated heterocycles. The van der Waals surface area contributed by atoms with Crippen LogP contribution in [-0.4, -0.2) is 21.2 Å². The van der Waals surface area contributed by atoms with Crippen LogP contribution in [0.3, 0.4) is 0 Å². The van der Waals surface area contributed by atoms with E-state index >= 15 is 0 Å². The molecule has 1 amide bonds. The van der Waals surface area contributed by atoms with Gasteiger partial charge in [-0.05, 0) is 19.1 Å². The summed E-state index contributed by atoms with van der Waals surface area (Å²) in [5.41, 5.74) is 8.30. The summed E-state index contributed by atoms with van der Waals surface area (Å²) < 4.78 is 2.12. The topological polar surface area (TPSA) is 72.9 Å². The molecule has 1 aromatic heterocycles. The maximum Gasteiger partial charge on any atom is 0.244 e. The number of imidazole rings is 1. The highest BCUT2D eigenvalue weighted by atomic mass is 32.2. The van der Waals surface area contributed by atoms with Gasteiger partial charge in [0.15, 0.2) is 5.16 Å². The molecule has 150 valence electrons. The molecule has 3 aromatic carbocycles. The number of hydrogen-bond donors (Lipinski definition) is 2. The molecule has 30 heavy (non-hydrogen) atoms. The van der Waals surface area contributed by atoms with Crippen LogP contribution in [0.5, 0.6) is 0 Å². The number of hydrazine groups is 1. The Kier molecular flexibility index (Phi) is 5.97. The SMILES string of the molecule is Cc1ccc(-n2c(SCC(=O)NN)nc(-c3ccccc3)c2-c2ccccc2)cc1. The molecular weight excluding hydrogens is 392 g/mol. The number of rotatable bonds is 6. The van der Waals surface area contributed by atoms with Crippen LogP contribution in [0.2, 0.25) is 0 Å². The van der Waals surface area contributed by atoms with Crippen molar-refractivity contribution < 1.29 is 4.79 Å². The zero-order valence-electron chi connectivity index (χ0n) is 16.6. The monoisotopic (exact) mass is 414 g/mol. The van der Waals surface area contributed by atoms with Crippen molar-refractivity contribution in [1.29, 1.82) is 0 Å². The molecule has 5 nitrogen and oxygen atoms in total. The Bertz CT molecular complexity index is 1140. The average Bonchev–Trinajstić information content (AvgIpc) is 3.18. The minimum absolute atomic E-state index is 0.182. The zero-order chi connectivity index (χ0) is 20.9. The Labute approximate surface area is 179 Å². The highest BCUT2D eigenvalue weighted by Gasteiger charge is 2.22. The molecular formula is C24H22N4OS. The number of aromatic nitrogens is 2. The van der Waals surface area contributed by atoms with E-state index in [0.717, 1.165) is 33.4 Å². The Morgan fingerprint density at radius 3 is 2.13 bits per heavy atom. The highest BCUT2D eigenvalue weighted by molar-refractivity contribution is 7.99. The summed E-state index contributed by atoms with van der Waals surface area (Å²) in [7, 11) is 0. The van der Waals surface area contributed by atoms with Crippen LogP contribution in [-0.2, 0) is 4.79 Å². The fraction of sp³-hybridized carbons (Fsp3) is 0.0833. The first kappa shape index (κ1) is 19.9. The van der Waals surface area contributed by atoms with Crippen LogP contribution in [0.1, 0.15) is 5.56 Å². The maximum atomic E-state index is 11.8. The fourth-order valence-corrected chi connectivity index (χ4v) is 4.09. The summed E-state index contributed by atoms with van der Waals surface area (Å²) in [6, 6.07) is 28.6. The van der Waals surface area contributed by atoms with Gasteiger partial charge in [-0.3, -0.25) is 14.8 Å². The molecule has 0 aliphatic rings. The first-order chi connectivity index (χ1) is 14.7. The Morgan fingerprint density at radius 1 is 0.933 bits per heavy atom. The third-order valence-corrected chi connectivity index (χ3v) is 5.67. The summed E-state index contributed by atoms with van der Waals surface area (Å²) >= 11 is 1.36. The number of benzene rings is 3. The number of hydrogen-bond acceptors (Lipinski definition) is 4. The number of carbonyl (C=O) groups excluding carboxylic acids is 1. The van der Waals surface area contributed by atoms with Crippen LogP contribution in [0.25, 0.3) is 28.2 Å². The van der Waals surface area contributed by atoms with Crippen LogP contribution < -0.4 is 11.3 Å². The van der Waals surface area contributed by atoms with E-state index in [1.54, 1.807) is 0 Å². The van der Waals surface area contributed by atoms with Crippen LogP contribution in [0.4, 0.5) is 0 Å². The van der Waals surface area contributed by atoms with Crippen molar-refractivity contribution in [1.82, 2.24) is 15.0 Å². The van der Waals surface area contributed by atoms with Crippen molar-refractivity contribution in [3.8, 4) is 28.2 Å². The second-order valence-corrected chi connectivity index (χ2v) is 7.79. The predicted molar refractivity (Wildman–Crippen MR) is 122 cm³/mol. The summed E-state index contributed by atoms with van der Waals surface area (Å²) in [5, 5.41) is 0.736. The lowest BCUT2D eigenvalue weighted by Crippen LogP contribution is -2.31. The van der Waals surface area contributed by atoms with Gasteiger partial charge in [0.2, 0.25) is 5.91 Å². The van der Waals surface area contributed by atoms with E-state index < -0.39 is 0 Å². The molecule has 1 heterocycles. The quantitative estimate of drug-likeness (QED) is 0.209. The first-order valence-electron chi connectivity index (χ1n) is 9.60. The smallest absolute Gasteiger partial charge is 0.244 e. The average molecular weight is 415 g/mol.